The van der Waals surface area contributed by atoms with Crippen LogP contribution in [0.4, 0.5) is 17.1 Å². The van der Waals surface area contributed by atoms with Crippen molar-refractivity contribution < 1.29 is 4.42 Å². The van der Waals surface area contributed by atoms with Gasteiger partial charge in [-0.2, -0.15) is 0 Å². The van der Waals surface area contributed by atoms with Crippen molar-refractivity contribution in [2.75, 3.05) is 4.90 Å². The van der Waals surface area contributed by atoms with Crippen molar-refractivity contribution in [1.82, 2.24) is 0 Å². The fourth-order valence-electron chi connectivity index (χ4n) is 7.14. The Labute approximate surface area is 275 Å². The Morgan fingerprint density at radius 1 is 0.383 bits per heavy atom. The summed E-state index contributed by atoms with van der Waals surface area (Å²) in [5.74, 6) is 0. The number of rotatable bonds is 4. The van der Waals surface area contributed by atoms with Gasteiger partial charge in [0.25, 0.3) is 0 Å². The molecule has 0 radical (unpaired) electrons. The van der Waals surface area contributed by atoms with Gasteiger partial charge in [-0.1, -0.05) is 115 Å². The number of nitrogens with zero attached hydrogens (tertiary/aromatic N) is 1. The van der Waals surface area contributed by atoms with E-state index >= 15 is 0 Å². The second-order valence-electron chi connectivity index (χ2n) is 12.1. The molecule has 0 saturated heterocycles. The summed E-state index contributed by atoms with van der Waals surface area (Å²) in [6, 6.07) is 59.0. The molecular formula is C44H27NOS. The van der Waals surface area contributed by atoms with E-state index in [4.69, 9.17) is 4.42 Å². The quantitative estimate of drug-likeness (QED) is 0.195. The molecule has 2 nitrogen and oxygen atoms in total. The van der Waals surface area contributed by atoms with Crippen molar-refractivity contribution in [2.45, 2.75) is 0 Å². The molecule has 0 amide bonds. The van der Waals surface area contributed by atoms with Gasteiger partial charge in [-0.05, 0) is 75.1 Å². The minimum Gasteiger partial charge on any atom is -0.456 e. The Morgan fingerprint density at radius 3 is 1.91 bits per heavy atom. The minimum absolute atomic E-state index is 0.885. The molecule has 0 unspecified atom stereocenters. The van der Waals surface area contributed by atoms with E-state index in [0.29, 0.717) is 0 Å². The molecular weight excluding hydrogens is 591 g/mol. The molecule has 3 heteroatoms. The van der Waals surface area contributed by atoms with Gasteiger partial charge in [-0.3, -0.25) is 0 Å². The summed E-state index contributed by atoms with van der Waals surface area (Å²) < 4.78 is 8.98. The molecule has 220 valence electrons. The Morgan fingerprint density at radius 2 is 1.02 bits per heavy atom. The standard InChI is InChI=1S/C44H27NOS/c1-2-10-31-26-32(17-16-28(31)8-1)29-18-21-33(22-19-29)45(34-23-25-37-36-12-5-6-15-41(36)46-42(37)27-34)40-14-7-13-38-39-24-20-30-9-3-4-11-35(30)43(39)47-44(38)40/h1-27H. The van der Waals surface area contributed by atoms with E-state index in [1.54, 1.807) is 0 Å². The third-order valence-corrected chi connectivity index (χ3v) is 10.7. The highest BCUT2D eigenvalue weighted by atomic mass is 32.1. The topological polar surface area (TPSA) is 16.4 Å². The van der Waals surface area contributed by atoms with E-state index in [1.807, 2.05) is 23.5 Å². The molecule has 0 fully saturated rings. The Bertz CT molecular complexity index is 2810. The van der Waals surface area contributed by atoms with Crippen molar-refractivity contribution in [3.63, 3.8) is 0 Å². The lowest BCUT2D eigenvalue weighted by Gasteiger charge is -2.26. The highest BCUT2D eigenvalue weighted by molar-refractivity contribution is 7.27. The van der Waals surface area contributed by atoms with Crippen molar-refractivity contribution in [2.24, 2.45) is 0 Å². The lowest BCUT2D eigenvalue weighted by molar-refractivity contribution is 0.669. The van der Waals surface area contributed by atoms with Crippen LogP contribution in [0.5, 0.6) is 0 Å². The third-order valence-electron chi connectivity index (χ3n) is 9.44. The van der Waals surface area contributed by atoms with Gasteiger partial charge in [0.2, 0.25) is 0 Å². The molecule has 8 aromatic carbocycles. The summed E-state index contributed by atoms with van der Waals surface area (Å²) in [6.07, 6.45) is 0. The molecule has 0 bridgehead atoms. The highest BCUT2D eigenvalue weighted by Crippen LogP contribution is 2.47. The van der Waals surface area contributed by atoms with Crippen LogP contribution in [0.1, 0.15) is 0 Å². The molecule has 0 aliphatic carbocycles. The summed E-state index contributed by atoms with van der Waals surface area (Å²) in [5.41, 5.74) is 7.51. The Balaban J connectivity index is 1.18. The van der Waals surface area contributed by atoms with Gasteiger partial charge in [-0.15, -0.1) is 11.3 Å². The van der Waals surface area contributed by atoms with Gasteiger partial charge in [0.05, 0.1) is 10.4 Å². The van der Waals surface area contributed by atoms with E-state index < -0.39 is 0 Å². The van der Waals surface area contributed by atoms with Gasteiger partial charge >= 0.3 is 0 Å². The van der Waals surface area contributed by atoms with Crippen LogP contribution in [0.3, 0.4) is 0 Å². The van der Waals surface area contributed by atoms with Crippen LogP contribution >= 0.6 is 11.3 Å². The summed E-state index contributed by atoms with van der Waals surface area (Å²) in [6.45, 7) is 0. The van der Waals surface area contributed by atoms with E-state index in [1.165, 1.54) is 52.8 Å². The van der Waals surface area contributed by atoms with Crippen LogP contribution in [0.2, 0.25) is 0 Å². The molecule has 47 heavy (non-hydrogen) atoms. The zero-order valence-corrected chi connectivity index (χ0v) is 26.2. The van der Waals surface area contributed by atoms with Gasteiger partial charge in [-0.25, -0.2) is 0 Å². The summed E-state index contributed by atoms with van der Waals surface area (Å²) >= 11 is 1.88. The van der Waals surface area contributed by atoms with Gasteiger partial charge < -0.3 is 9.32 Å². The molecule has 2 aromatic heterocycles. The molecule has 2 heterocycles. The van der Waals surface area contributed by atoms with Crippen molar-refractivity contribution in [1.29, 1.82) is 0 Å². The summed E-state index contributed by atoms with van der Waals surface area (Å²) in [4.78, 5) is 2.39. The van der Waals surface area contributed by atoms with E-state index in [9.17, 15) is 0 Å². The predicted octanol–water partition coefficient (Wildman–Crippen LogP) is 13.4. The first kappa shape index (κ1) is 26.3. The van der Waals surface area contributed by atoms with Crippen LogP contribution in [-0.2, 0) is 0 Å². The Kier molecular flexibility index (Phi) is 5.78. The second kappa shape index (κ2) is 10.3. The fraction of sp³-hybridized carbons (Fsp3) is 0. The van der Waals surface area contributed by atoms with Gasteiger partial charge in [0.15, 0.2) is 0 Å². The lowest BCUT2D eigenvalue weighted by Crippen LogP contribution is -2.10. The maximum atomic E-state index is 6.39. The summed E-state index contributed by atoms with van der Waals surface area (Å²) in [7, 11) is 0. The number of anilines is 3. The molecule has 0 atom stereocenters. The average Bonchev–Trinajstić information content (AvgIpc) is 3.71. The number of fused-ring (bicyclic) bond motifs is 9. The monoisotopic (exact) mass is 617 g/mol. The number of furan rings is 1. The number of hydrogen-bond acceptors (Lipinski definition) is 3. The number of thiophene rings is 1. The molecule has 0 aliphatic heterocycles. The Hall–Kier alpha value is -5.90. The van der Waals surface area contributed by atoms with Crippen molar-refractivity contribution >= 4 is 92.1 Å². The van der Waals surface area contributed by atoms with E-state index in [0.717, 1.165) is 39.0 Å². The normalized spacial score (nSPS) is 11.8. The molecule has 10 rings (SSSR count). The molecule has 10 aromatic rings. The first-order chi connectivity index (χ1) is 23.3. The van der Waals surface area contributed by atoms with Crippen molar-refractivity contribution in [3.05, 3.63) is 164 Å². The van der Waals surface area contributed by atoms with Crippen LogP contribution in [0, 0.1) is 0 Å². The van der Waals surface area contributed by atoms with E-state index in [2.05, 4.69) is 157 Å². The molecule has 0 spiro atoms. The number of hydrogen-bond donors (Lipinski definition) is 0. The highest BCUT2D eigenvalue weighted by Gasteiger charge is 2.20. The van der Waals surface area contributed by atoms with Gasteiger partial charge in [0, 0.05) is 43.7 Å². The number of para-hydroxylation sites is 1. The second-order valence-corrected chi connectivity index (χ2v) is 13.2. The van der Waals surface area contributed by atoms with Crippen LogP contribution < -0.4 is 4.90 Å². The van der Waals surface area contributed by atoms with Gasteiger partial charge in [0.1, 0.15) is 11.2 Å². The van der Waals surface area contributed by atoms with Crippen LogP contribution in [0.15, 0.2) is 168 Å². The maximum Gasteiger partial charge on any atom is 0.137 e. The van der Waals surface area contributed by atoms with Crippen LogP contribution in [0.25, 0.3) is 74.8 Å². The fourth-order valence-corrected chi connectivity index (χ4v) is 8.48. The minimum atomic E-state index is 0.885. The maximum absolute atomic E-state index is 6.39. The SMILES string of the molecule is c1ccc2cc(-c3ccc(N(c4ccc5c(c4)oc4ccccc45)c4cccc5c4sc4c6ccccc6ccc54)cc3)ccc2c1. The zero-order valence-electron chi connectivity index (χ0n) is 25.4. The molecule has 0 saturated carbocycles. The van der Waals surface area contributed by atoms with Crippen LogP contribution in [-0.4, -0.2) is 0 Å². The first-order valence-electron chi connectivity index (χ1n) is 15.9. The smallest absolute Gasteiger partial charge is 0.137 e. The predicted molar refractivity (Wildman–Crippen MR) is 202 cm³/mol. The zero-order chi connectivity index (χ0) is 30.9. The lowest BCUT2D eigenvalue weighted by atomic mass is 10.0. The average molecular weight is 618 g/mol. The first-order valence-corrected chi connectivity index (χ1v) is 16.7. The largest absolute Gasteiger partial charge is 0.456 e. The number of benzene rings is 8. The van der Waals surface area contributed by atoms with E-state index in [-0.39, 0.29) is 0 Å². The summed E-state index contributed by atoms with van der Waals surface area (Å²) in [5, 5.41) is 9.90. The van der Waals surface area contributed by atoms with Crippen molar-refractivity contribution in [3.8, 4) is 11.1 Å². The molecule has 0 aliphatic rings. The third kappa shape index (κ3) is 4.17. The molecule has 0 N–H and O–H groups in total.